The quantitative estimate of drug-likeness (QED) is 0.872. The number of nitrogens with one attached hydrogen (secondary N) is 2. The summed E-state index contributed by atoms with van der Waals surface area (Å²) in [6.07, 6.45) is 0.967. The number of ether oxygens (including phenoxy) is 1. The lowest BCUT2D eigenvalue weighted by molar-refractivity contribution is 0.0946. The highest BCUT2D eigenvalue weighted by Gasteiger charge is 2.53. The molecule has 2 aliphatic rings. The Balaban J connectivity index is 0.00000147. The van der Waals surface area contributed by atoms with Crippen LogP contribution in [0.1, 0.15) is 23.7 Å². The summed E-state index contributed by atoms with van der Waals surface area (Å²) in [5.41, 5.74) is 0.687. The Morgan fingerprint density at radius 3 is 2.85 bits per heavy atom. The first-order chi connectivity index (χ1) is 9.29. The predicted octanol–water partition coefficient (Wildman–Crippen LogP) is 1.84. The number of hydrogen-bond acceptors (Lipinski definition) is 3. The van der Waals surface area contributed by atoms with Crippen molar-refractivity contribution in [3.63, 3.8) is 0 Å². The summed E-state index contributed by atoms with van der Waals surface area (Å²) >= 11 is 0. The van der Waals surface area contributed by atoms with Crippen LogP contribution in [0.3, 0.4) is 0 Å². The van der Waals surface area contributed by atoms with Crippen LogP contribution >= 0.6 is 12.4 Å². The first-order valence-electron chi connectivity index (χ1n) is 7.04. The fourth-order valence-electron chi connectivity index (χ4n) is 2.81. The summed E-state index contributed by atoms with van der Waals surface area (Å²) in [6, 6.07) is 7.79. The molecule has 1 saturated carbocycles. The number of hydrogen-bond donors (Lipinski definition) is 2. The van der Waals surface area contributed by atoms with Crippen LogP contribution < -0.4 is 15.4 Å². The van der Waals surface area contributed by atoms with Crippen molar-refractivity contribution < 1.29 is 9.53 Å². The van der Waals surface area contributed by atoms with E-state index in [0.29, 0.717) is 30.0 Å². The van der Waals surface area contributed by atoms with Gasteiger partial charge in [0.2, 0.25) is 0 Å². The van der Waals surface area contributed by atoms with E-state index in [2.05, 4.69) is 17.6 Å². The Labute approximate surface area is 125 Å². The highest BCUT2D eigenvalue weighted by molar-refractivity contribution is 5.95. The summed E-state index contributed by atoms with van der Waals surface area (Å²) in [5.74, 6) is 2.07. The van der Waals surface area contributed by atoms with Gasteiger partial charge in [0, 0.05) is 24.7 Å². The van der Waals surface area contributed by atoms with Crippen LogP contribution in [0, 0.1) is 11.8 Å². The SMILES string of the molecule is CCCOc1cccc(C(=O)NC2C3CNCC32)c1.Cl. The van der Waals surface area contributed by atoms with Crippen LogP contribution in [0.4, 0.5) is 0 Å². The minimum Gasteiger partial charge on any atom is -0.494 e. The Morgan fingerprint density at radius 1 is 1.40 bits per heavy atom. The zero-order chi connectivity index (χ0) is 13.2. The number of amides is 1. The van der Waals surface area contributed by atoms with Crippen molar-refractivity contribution in [3.8, 4) is 5.75 Å². The van der Waals surface area contributed by atoms with E-state index in [4.69, 9.17) is 4.74 Å². The zero-order valence-corrected chi connectivity index (χ0v) is 12.4. The molecule has 110 valence electrons. The van der Waals surface area contributed by atoms with Crippen molar-refractivity contribution >= 4 is 18.3 Å². The highest BCUT2D eigenvalue weighted by Crippen LogP contribution is 2.41. The molecule has 2 fully saturated rings. The molecule has 5 heteroatoms. The summed E-state index contributed by atoms with van der Waals surface area (Å²) in [4.78, 5) is 12.2. The van der Waals surface area contributed by atoms with Crippen LogP contribution in [-0.2, 0) is 0 Å². The third kappa shape index (κ3) is 3.07. The van der Waals surface area contributed by atoms with E-state index in [9.17, 15) is 4.79 Å². The molecule has 4 nitrogen and oxygen atoms in total. The van der Waals surface area contributed by atoms with Gasteiger partial charge in [0.1, 0.15) is 5.75 Å². The number of fused-ring (bicyclic) bond motifs is 1. The Bertz CT molecular complexity index is 471. The second kappa shape index (κ2) is 6.46. The molecule has 0 radical (unpaired) electrons. The molecule has 1 heterocycles. The van der Waals surface area contributed by atoms with Gasteiger partial charge in [-0.25, -0.2) is 0 Å². The van der Waals surface area contributed by atoms with Crippen LogP contribution in [-0.4, -0.2) is 31.6 Å². The van der Waals surface area contributed by atoms with E-state index < -0.39 is 0 Å². The topological polar surface area (TPSA) is 50.4 Å². The van der Waals surface area contributed by atoms with Crippen molar-refractivity contribution in [2.45, 2.75) is 19.4 Å². The third-order valence-electron chi connectivity index (χ3n) is 3.96. The minimum atomic E-state index is 0. The molecular weight excluding hydrogens is 276 g/mol. The standard InChI is InChI=1S/C15H20N2O2.ClH/c1-2-6-19-11-5-3-4-10(7-11)15(18)17-14-12-8-16-9-13(12)14;/h3-5,7,12-14,16H,2,6,8-9H2,1H3,(H,17,18);1H. The summed E-state index contributed by atoms with van der Waals surface area (Å²) in [7, 11) is 0. The van der Waals surface area contributed by atoms with Crippen LogP contribution in [0.15, 0.2) is 24.3 Å². The molecule has 1 aromatic rings. The molecule has 20 heavy (non-hydrogen) atoms. The predicted molar refractivity (Wildman–Crippen MR) is 80.6 cm³/mol. The van der Waals surface area contributed by atoms with Crippen LogP contribution in [0.25, 0.3) is 0 Å². The van der Waals surface area contributed by atoms with Gasteiger partial charge in [-0.15, -0.1) is 12.4 Å². The van der Waals surface area contributed by atoms with Gasteiger partial charge in [0.25, 0.3) is 5.91 Å². The number of rotatable bonds is 5. The maximum atomic E-state index is 12.2. The van der Waals surface area contributed by atoms with E-state index in [1.807, 2.05) is 24.3 Å². The molecule has 1 aliphatic heterocycles. The van der Waals surface area contributed by atoms with Gasteiger partial charge in [-0.3, -0.25) is 4.79 Å². The fraction of sp³-hybridized carbons (Fsp3) is 0.533. The van der Waals surface area contributed by atoms with Crippen molar-refractivity contribution in [1.82, 2.24) is 10.6 Å². The summed E-state index contributed by atoms with van der Waals surface area (Å²) in [6.45, 7) is 4.82. The first kappa shape index (κ1) is 15.1. The summed E-state index contributed by atoms with van der Waals surface area (Å²) < 4.78 is 5.55. The molecule has 0 bridgehead atoms. The van der Waals surface area contributed by atoms with Gasteiger partial charge in [-0.1, -0.05) is 13.0 Å². The second-order valence-electron chi connectivity index (χ2n) is 5.36. The molecule has 0 spiro atoms. The smallest absolute Gasteiger partial charge is 0.251 e. The van der Waals surface area contributed by atoms with Gasteiger partial charge in [0.05, 0.1) is 6.61 Å². The maximum absolute atomic E-state index is 12.2. The highest BCUT2D eigenvalue weighted by atomic mass is 35.5. The van der Waals surface area contributed by atoms with Gasteiger partial charge < -0.3 is 15.4 Å². The Hall–Kier alpha value is -1.26. The monoisotopic (exact) mass is 296 g/mol. The first-order valence-corrected chi connectivity index (χ1v) is 7.04. The number of benzene rings is 1. The minimum absolute atomic E-state index is 0. The number of carbonyl (C=O) groups excluding carboxylic acids is 1. The van der Waals surface area contributed by atoms with Gasteiger partial charge in [-0.2, -0.15) is 0 Å². The van der Waals surface area contributed by atoms with E-state index in [-0.39, 0.29) is 18.3 Å². The fourth-order valence-corrected chi connectivity index (χ4v) is 2.81. The lowest BCUT2D eigenvalue weighted by Gasteiger charge is -2.09. The van der Waals surface area contributed by atoms with Gasteiger partial charge in [0.15, 0.2) is 0 Å². The molecule has 1 aliphatic carbocycles. The normalized spacial score (nSPS) is 26.4. The van der Waals surface area contributed by atoms with Gasteiger partial charge in [-0.05, 0) is 36.5 Å². The molecule has 2 N–H and O–H groups in total. The van der Waals surface area contributed by atoms with E-state index in [1.54, 1.807) is 0 Å². The van der Waals surface area contributed by atoms with Crippen molar-refractivity contribution in [2.24, 2.45) is 11.8 Å². The lowest BCUT2D eigenvalue weighted by atomic mass is 10.2. The number of carbonyl (C=O) groups is 1. The molecule has 1 amide bonds. The molecule has 0 aromatic heterocycles. The van der Waals surface area contributed by atoms with E-state index >= 15 is 0 Å². The molecular formula is C15H21ClN2O2. The molecule has 2 atom stereocenters. The van der Waals surface area contributed by atoms with Crippen molar-refractivity contribution in [2.75, 3.05) is 19.7 Å². The summed E-state index contributed by atoms with van der Waals surface area (Å²) in [5, 5.41) is 6.45. The van der Waals surface area contributed by atoms with E-state index in [1.165, 1.54) is 0 Å². The number of halogens is 1. The molecule has 1 saturated heterocycles. The van der Waals surface area contributed by atoms with Crippen LogP contribution in [0.5, 0.6) is 5.75 Å². The largest absolute Gasteiger partial charge is 0.494 e. The Morgan fingerprint density at radius 2 is 2.15 bits per heavy atom. The van der Waals surface area contributed by atoms with Crippen molar-refractivity contribution in [1.29, 1.82) is 0 Å². The van der Waals surface area contributed by atoms with E-state index in [0.717, 1.165) is 25.3 Å². The molecule has 3 rings (SSSR count). The maximum Gasteiger partial charge on any atom is 0.251 e. The average Bonchev–Trinajstić information content (AvgIpc) is 2.88. The average molecular weight is 297 g/mol. The Kier molecular flexibility index (Phi) is 4.89. The lowest BCUT2D eigenvalue weighted by Crippen LogP contribution is -2.32. The third-order valence-corrected chi connectivity index (χ3v) is 3.96. The number of piperidine rings is 1. The molecule has 1 aromatic carbocycles. The van der Waals surface area contributed by atoms with Gasteiger partial charge >= 0.3 is 0 Å². The van der Waals surface area contributed by atoms with Crippen molar-refractivity contribution in [3.05, 3.63) is 29.8 Å². The second-order valence-corrected chi connectivity index (χ2v) is 5.36. The van der Waals surface area contributed by atoms with Crippen LogP contribution in [0.2, 0.25) is 0 Å². The zero-order valence-electron chi connectivity index (χ0n) is 11.6. The molecule has 2 unspecified atom stereocenters.